The summed E-state index contributed by atoms with van der Waals surface area (Å²) in [7, 11) is 0. The number of hydrogen-bond acceptors (Lipinski definition) is 17. The summed E-state index contributed by atoms with van der Waals surface area (Å²) in [4.78, 5) is 35.9. The van der Waals surface area contributed by atoms with Crippen LogP contribution < -0.4 is 36.0 Å². The van der Waals surface area contributed by atoms with E-state index in [4.69, 9.17) is 62.1 Å². The van der Waals surface area contributed by atoms with Crippen molar-refractivity contribution in [3.05, 3.63) is 10.6 Å². The summed E-state index contributed by atoms with van der Waals surface area (Å²) >= 11 is 13.4. The van der Waals surface area contributed by atoms with Crippen LogP contribution in [0.3, 0.4) is 0 Å². The molecule has 0 atom stereocenters. The third-order valence-electron chi connectivity index (χ3n) is 13.8. The van der Waals surface area contributed by atoms with Gasteiger partial charge >= 0.3 is 0 Å². The first-order valence-corrected chi connectivity index (χ1v) is 28.1. The van der Waals surface area contributed by atoms with E-state index < -0.39 is 0 Å². The number of aromatic nitrogens is 6. The van der Waals surface area contributed by atoms with Crippen LogP contribution in [0.4, 0.5) is 23.8 Å². The molecule has 3 fully saturated rings. The number of hydrogen-bond donors (Lipinski definition) is 4. The Morgan fingerprint density at radius 1 is 0.431 bits per heavy atom. The van der Waals surface area contributed by atoms with Crippen molar-refractivity contribution < 1.29 is 18.9 Å². The van der Waals surface area contributed by atoms with E-state index in [9.17, 15) is 0 Å². The molecule has 412 valence electrons. The van der Waals surface area contributed by atoms with Crippen LogP contribution in [-0.2, 0) is 18.9 Å². The SMILES string of the molecule is CCOCCCN(c1nc(Cl)nc(NCCCOCCCCOCCCN(c2nc(Cl)nc(N(CCCOCC)C3CC(C)(C)NC(C)(C)C3)n2)C2CC(C)(C)NC(C)(C)C2)n1)C1CC(C)(C)NC(C)(C)C1. The Hall–Kier alpha value is -2.48. The van der Waals surface area contributed by atoms with Crippen LogP contribution in [0.2, 0.25) is 10.6 Å². The number of nitrogens with one attached hydrogen (secondary N) is 4. The quantitative estimate of drug-likeness (QED) is 0.0545. The van der Waals surface area contributed by atoms with Gasteiger partial charge in [0.05, 0.1) is 0 Å². The molecule has 19 heteroatoms. The molecule has 0 spiro atoms. The minimum Gasteiger partial charge on any atom is -0.382 e. The van der Waals surface area contributed by atoms with Crippen LogP contribution in [0.5, 0.6) is 0 Å². The first kappa shape index (κ1) is 60.4. The van der Waals surface area contributed by atoms with Gasteiger partial charge in [0.2, 0.25) is 34.4 Å². The van der Waals surface area contributed by atoms with E-state index in [0.717, 1.165) is 96.7 Å². The lowest BCUT2D eigenvalue weighted by molar-refractivity contribution is 0.101. The van der Waals surface area contributed by atoms with E-state index in [-0.39, 0.29) is 61.9 Å². The summed E-state index contributed by atoms with van der Waals surface area (Å²) in [6, 6.07) is 0.655. The number of rotatable bonds is 30. The number of ether oxygens (including phenoxy) is 4. The third kappa shape index (κ3) is 20.2. The van der Waals surface area contributed by atoms with Crippen molar-refractivity contribution >= 4 is 47.0 Å². The molecule has 2 aromatic heterocycles. The number of piperidine rings is 3. The van der Waals surface area contributed by atoms with E-state index in [1.54, 1.807) is 0 Å². The Morgan fingerprint density at radius 2 is 0.736 bits per heavy atom. The Kier molecular flexibility index (Phi) is 22.7. The van der Waals surface area contributed by atoms with Gasteiger partial charge in [-0.05, 0) is 197 Å². The standard InChI is InChI=1S/C53H97Cl2N13O4/c1-15-69-30-20-24-66(39-33-48(3,4)63-49(5,6)34-39)45-58-42(54)57-44(61-45)56-23-19-29-71-27-17-18-28-72-32-22-26-68(41-37-52(11,12)65-53(13,14)38-41)47-60-43(55)59-46(62-47)67(25-21-31-70-16-2)40-35-50(7,8)64-51(9,10)36-40/h39-41,63-65H,15-38H2,1-14H3,(H,56,57,58,61). The van der Waals surface area contributed by atoms with Gasteiger partial charge in [-0.25, -0.2) is 0 Å². The molecular weight excluding hydrogens is 954 g/mol. The average molecular weight is 1050 g/mol. The van der Waals surface area contributed by atoms with Gasteiger partial charge in [0.1, 0.15) is 0 Å². The molecule has 3 saturated heterocycles. The zero-order valence-electron chi connectivity index (χ0n) is 47.1. The first-order valence-electron chi connectivity index (χ1n) is 27.4. The second-order valence-electron chi connectivity index (χ2n) is 24.5. The molecule has 0 radical (unpaired) electrons. The predicted octanol–water partition coefficient (Wildman–Crippen LogP) is 9.27. The smallest absolute Gasteiger partial charge is 0.231 e. The minimum absolute atomic E-state index is 0.0315. The lowest BCUT2D eigenvalue weighted by Gasteiger charge is -2.50. The molecule has 3 aliphatic heterocycles. The molecule has 0 amide bonds. The van der Waals surface area contributed by atoms with E-state index in [1.807, 2.05) is 13.8 Å². The number of nitrogens with zero attached hydrogens (tertiary/aromatic N) is 9. The van der Waals surface area contributed by atoms with Gasteiger partial charge < -0.3 is 54.9 Å². The highest BCUT2D eigenvalue weighted by molar-refractivity contribution is 6.28. The van der Waals surface area contributed by atoms with Crippen LogP contribution in [0, 0.1) is 0 Å². The zero-order chi connectivity index (χ0) is 52.8. The lowest BCUT2D eigenvalue weighted by Crippen LogP contribution is -2.63. The van der Waals surface area contributed by atoms with Crippen molar-refractivity contribution in [2.24, 2.45) is 0 Å². The maximum absolute atomic E-state index is 6.88. The topological polar surface area (TPSA) is 172 Å². The number of unbranched alkanes of at least 4 members (excludes halogenated alkanes) is 1. The Labute approximate surface area is 444 Å². The Balaban J connectivity index is 1.11. The fourth-order valence-electron chi connectivity index (χ4n) is 12.2. The van der Waals surface area contributed by atoms with E-state index in [2.05, 4.69) is 129 Å². The van der Waals surface area contributed by atoms with Crippen LogP contribution >= 0.6 is 23.2 Å². The molecule has 0 aromatic carbocycles. The van der Waals surface area contributed by atoms with Gasteiger partial charge in [-0.15, -0.1) is 0 Å². The van der Waals surface area contributed by atoms with Crippen LogP contribution in [-0.4, -0.2) is 160 Å². The molecule has 0 saturated carbocycles. The largest absolute Gasteiger partial charge is 0.382 e. The highest BCUT2D eigenvalue weighted by Gasteiger charge is 2.44. The normalized spacial score (nSPS) is 20.6. The summed E-state index contributed by atoms with van der Waals surface area (Å²) in [6.07, 6.45) is 10.9. The van der Waals surface area contributed by atoms with Crippen molar-refractivity contribution in [1.29, 1.82) is 0 Å². The van der Waals surface area contributed by atoms with E-state index in [1.165, 1.54) is 0 Å². The first-order chi connectivity index (χ1) is 33.8. The van der Waals surface area contributed by atoms with Gasteiger partial charge in [0.15, 0.2) is 0 Å². The van der Waals surface area contributed by atoms with Gasteiger partial charge in [0, 0.05) is 130 Å². The van der Waals surface area contributed by atoms with Gasteiger partial charge in [-0.2, -0.15) is 29.9 Å². The molecule has 4 N–H and O–H groups in total. The number of halogens is 2. The molecule has 0 unspecified atom stereocenters. The zero-order valence-corrected chi connectivity index (χ0v) is 48.6. The average Bonchev–Trinajstić information content (AvgIpc) is 3.22. The molecule has 72 heavy (non-hydrogen) atoms. The van der Waals surface area contributed by atoms with Crippen molar-refractivity contribution in [2.75, 3.05) is 99.1 Å². The lowest BCUT2D eigenvalue weighted by atomic mass is 9.79. The molecule has 0 bridgehead atoms. The van der Waals surface area contributed by atoms with Crippen molar-refractivity contribution in [3.8, 4) is 0 Å². The Bertz CT molecular complexity index is 1890. The molecule has 3 aliphatic rings. The van der Waals surface area contributed by atoms with Gasteiger partial charge in [0.25, 0.3) is 0 Å². The molecule has 5 rings (SSSR count). The van der Waals surface area contributed by atoms with E-state index >= 15 is 0 Å². The summed E-state index contributed by atoms with van der Waals surface area (Å²) in [6.45, 7) is 39.7. The second kappa shape index (κ2) is 27.0. The predicted molar refractivity (Wildman–Crippen MR) is 295 cm³/mol. The third-order valence-corrected chi connectivity index (χ3v) is 14.2. The minimum atomic E-state index is -0.0715. The summed E-state index contributed by atoms with van der Waals surface area (Å²) in [5.41, 5.74) is -0.311. The monoisotopic (exact) mass is 1050 g/mol. The van der Waals surface area contributed by atoms with Gasteiger partial charge in [-0.3, -0.25) is 0 Å². The maximum Gasteiger partial charge on any atom is 0.231 e. The summed E-state index contributed by atoms with van der Waals surface area (Å²) < 4.78 is 23.7. The molecule has 0 aliphatic carbocycles. The van der Waals surface area contributed by atoms with Crippen LogP contribution in [0.25, 0.3) is 0 Å². The van der Waals surface area contributed by atoms with Crippen LogP contribution in [0.15, 0.2) is 0 Å². The molecule has 2 aromatic rings. The van der Waals surface area contributed by atoms with Crippen molar-refractivity contribution in [2.45, 2.75) is 225 Å². The highest BCUT2D eigenvalue weighted by atomic mass is 35.5. The second-order valence-corrected chi connectivity index (χ2v) is 25.2. The van der Waals surface area contributed by atoms with E-state index in [0.29, 0.717) is 83.2 Å². The summed E-state index contributed by atoms with van der Waals surface area (Å²) in [5.74, 6) is 2.36. The molecular formula is C53H97Cl2N13O4. The Morgan fingerprint density at radius 3 is 1.10 bits per heavy atom. The molecule has 17 nitrogen and oxygen atoms in total. The highest BCUT2D eigenvalue weighted by Crippen LogP contribution is 2.37. The number of anilines is 4. The van der Waals surface area contributed by atoms with Crippen molar-refractivity contribution in [3.63, 3.8) is 0 Å². The van der Waals surface area contributed by atoms with Gasteiger partial charge in [-0.1, -0.05) is 0 Å². The summed E-state index contributed by atoms with van der Waals surface area (Å²) in [5, 5.41) is 15.3. The van der Waals surface area contributed by atoms with Crippen molar-refractivity contribution in [1.82, 2.24) is 45.9 Å². The molecule has 5 heterocycles. The fraction of sp³-hybridized carbons (Fsp3) is 0.887. The fourth-order valence-corrected chi connectivity index (χ4v) is 12.5. The van der Waals surface area contributed by atoms with Crippen LogP contribution in [0.1, 0.15) is 174 Å². The maximum atomic E-state index is 6.88.